The lowest BCUT2D eigenvalue weighted by Gasteiger charge is -2.17. The zero-order chi connectivity index (χ0) is 9.03. The van der Waals surface area contributed by atoms with E-state index in [4.69, 9.17) is 0 Å². The highest BCUT2D eigenvalue weighted by Gasteiger charge is 2.40. The van der Waals surface area contributed by atoms with E-state index in [0.29, 0.717) is 19.4 Å². The van der Waals surface area contributed by atoms with Gasteiger partial charge < -0.3 is 5.32 Å². The molecule has 2 nitrogen and oxygen atoms in total. The lowest BCUT2D eigenvalue weighted by Crippen LogP contribution is -2.41. The first-order valence-electron chi connectivity index (χ1n) is 4.27. The molecule has 0 bridgehead atoms. The molecule has 0 spiro atoms. The van der Waals surface area contributed by atoms with Gasteiger partial charge in [-0.05, 0) is 25.7 Å². The van der Waals surface area contributed by atoms with Crippen LogP contribution in [0.15, 0.2) is 12.7 Å². The SMILES string of the molecule is C=CCNC(=O)C1(F)CCCC1. The third-order valence-corrected chi connectivity index (χ3v) is 2.21. The third kappa shape index (κ3) is 1.84. The van der Waals surface area contributed by atoms with Crippen molar-refractivity contribution in [2.24, 2.45) is 0 Å². The van der Waals surface area contributed by atoms with Crippen LogP contribution in [0.4, 0.5) is 4.39 Å². The Balaban J connectivity index is 2.44. The van der Waals surface area contributed by atoms with Crippen molar-refractivity contribution in [1.82, 2.24) is 5.32 Å². The average Bonchev–Trinajstić information content (AvgIpc) is 2.49. The molecule has 1 aliphatic carbocycles. The molecule has 0 aromatic rings. The van der Waals surface area contributed by atoms with E-state index in [1.54, 1.807) is 6.08 Å². The molecule has 1 rings (SSSR count). The van der Waals surface area contributed by atoms with Gasteiger partial charge in [0.2, 0.25) is 0 Å². The van der Waals surface area contributed by atoms with Crippen molar-refractivity contribution in [3.8, 4) is 0 Å². The first-order chi connectivity index (χ1) is 5.69. The molecule has 0 saturated heterocycles. The van der Waals surface area contributed by atoms with Crippen molar-refractivity contribution in [2.75, 3.05) is 6.54 Å². The van der Waals surface area contributed by atoms with Crippen molar-refractivity contribution in [3.05, 3.63) is 12.7 Å². The second-order valence-electron chi connectivity index (χ2n) is 3.17. The molecule has 0 radical (unpaired) electrons. The standard InChI is InChI=1S/C9H14FNO/c1-2-7-11-8(12)9(10)5-3-4-6-9/h2H,1,3-7H2,(H,11,12). The molecule has 1 aliphatic rings. The van der Waals surface area contributed by atoms with Crippen molar-refractivity contribution >= 4 is 5.91 Å². The predicted molar refractivity (Wildman–Crippen MR) is 45.5 cm³/mol. The number of alkyl halides is 1. The molecule has 1 N–H and O–H groups in total. The van der Waals surface area contributed by atoms with Gasteiger partial charge >= 0.3 is 0 Å². The predicted octanol–water partition coefficient (Wildman–Crippen LogP) is 1.57. The highest BCUT2D eigenvalue weighted by molar-refractivity contribution is 5.85. The number of nitrogens with one attached hydrogen (secondary N) is 1. The van der Waals surface area contributed by atoms with E-state index in [-0.39, 0.29) is 0 Å². The van der Waals surface area contributed by atoms with E-state index >= 15 is 0 Å². The van der Waals surface area contributed by atoms with Crippen molar-refractivity contribution in [3.63, 3.8) is 0 Å². The van der Waals surface area contributed by atoms with E-state index in [1.165, 1.54) is 0 Å². The maximum absolute atomic E-state index is 13.6. The lowest BCUT2D eigenvalue weighted by atomic mass is 10.0. The summed E-state index contributed by atoms with van der Waals surface area (Å²) in [5.41, 5.74) is -1.59. The van der Waals surface area contributed by atoms with Crippen LogP contribution < -0.4 is 5.32 Å². The first-order valence-corrected chi connectivity index (χ1v) is 4.27. The van der Waals surface area contributed by atoms with Crippen LogP contribution in [0.25, 0.3) is 0 Å². The maximum Gasteiger partial charge on any atom is 0.257 e. The van der Waals surface area contributed by atoms with E-state index in [0.717, 1.165) is 12.8 Å². The van der Waals surface area contributed by atoms with Crippen LogP contribution in [-0.2, 0) is 4.79 Å². The molecular formula is C9H14FNO. The van der Waals surface area contributed by atoms with Crippen LogP contribution in [0.1, 0.15) is 25.7 Å². The molecular weight excluding hydrogens is 157 g/mol. The van der Waals surface area contributed by atoms with Crippen molar-refractivity contribution in [1.29, 1.82) is 0 Å². The van der Waals surface area contributed by atoms with Crippen LogP contribution in [-0.4, -0.2) is 18.1 Å². The molecule has 12 heavy (non-hydrogen) atoms. The van der Waals surface area contributed by atoms with Crippen LogP contribution in [0.3, 0.4) is 0 Å². The zero-order valence-corrected chi connectivity index (χ0v) is 7.11. The molecule has 0 aromatic carbocycles. The minimum absolute atomic E-state index is 0.352. The summed E-state index contributed by atoms with van der Waals surface area (Å²) in [6.07, 6.45) is 3.93. The number of hydrogen-bond donors (Lipinski definition) is 1. The Labute approximate surface area is 71.8 Å². The van der Waals surface area contributed by atoms with E-state index in [1.807, 2.05) is 0 Å². The van der Waals surface area contributed by atoms with Gasteiger partial charge in [0.1, 0.15) is 0 Å². The molecule has 0 aromatic heterocycles. The normalized spacial score (nSPS) is 20.4. The fourth-order valence-electron chi connectivity index (χ4n) is 1.49. The topological polar surface area (TPSA) is 29.1 Å². The fraction of sp³-hybridized carbons (Fsp3) is 0.667. The Morgan fingerprint density at radius 1 is 1.58 bits per heavy atom. The van der Waals surface area contributed by atoms with Crippen LogP contribution >= 0.6 is 0 Å². The number of amides is 1. The van der Waals surface area contributed by atoms with Gasteiger partial charge in [-0.1, -0.05) is 6.08 Å². The second-order valence-corrected chi connectivity index (χ2v) is 3.17. The second kappa shape index (κ2) is 3.70. The molecule has 1 fully saturated rings. The largest absolute Gasteiger partial charge is 0.350 e. The molecule has 68 valence electrons. The molecule has 0 heterocycles. The van der Waals surface area contributed by atoms with Gasteiger partial charge in [0.05, 0.1) is 0 Å². The fourth-order valence-corrected chi connectivity index (χ4v) is 1.49. The molecule has 1 amide bonds. The number of carbonyl (C=O) groups excluding carboxylic acids is 1. The average molecular weight is 171 g/mol. The van der Waals surface area contributed by atoms with Gasteiger partial charge in [-0.3, -0.25) is 4.79 Å². The van der Waals surface area contributed by atoms with Gasteiger partial charge in [0.25, 0.3) is 5.91 Å². The van der Waals surface area contributed by atoms with Gasteiger partial charge in [-0.2, -0.15) is 0 Å². The summed E-state index contributed by atoms with van der Waals surface area (Å²) in [6, 6.07) is 0. The Hall–Kier alpha value is -0.860. The molecule has 0 atom stereocenters. The van der Waals surface area contributed by atoms with Gasteiger partial charge in [-0.15, -0.1) is 6.58 Å². The first kappa shape index (κ1) is 9.23. The number of hydrogen-bond acceptors (Lipinski definition) is 1. The Morgan fingerprint density at radius 2 is 2.17 bits per heavy atom. The van der Waals surface area contributed by atoms with E-state index in [2.05, 4.69) is 11.9 Å². The summed E-state index contributed by atoms with van der Waals surface area (Å²) in [5.74, 6) is -0.472. The van der Waals surface area contributed by atoms with E-state index in [9.17, 15) is 9.18 Å². The van der Waals surface area contributed by atoms with Crippen LogP contribution in [0.5, 0.6) is 0 Å². The summed E-state index contributed by atoms with van der Waals surface area (Å²) in [5, 5.41) is 2.48. The summed E-state index contributed by atoms with van der Waals surface area (Å²) < 4.78 is 13.6. The zero-order valence-electron chi connectivity index (χ0n) is 7.11. The Kier molecular flexibility index (Phi) is 2.84. The van der Waals surface area contributed by atoms with Gasteiger partial charge in [0.15, 0.2) is 5.67 Å². The van der Waals surface area contributed by atoms with E-state index < -0.39 is 11.6 Å². The number of carbonyl (C=O) groups is 1. The smallest absolute Gasteiger partial charge is 0.257 e. The summed E-state index contributed by atoms with van der Waals surface area (Å²) in [7, 11) is 0. The Bertz CT molecular complexity index is 185. The minimum atomic E-state index is -1.59. The molecule has 0 unspecified atom stereocenters. The van der Waals surface area contributed by atoms with Gasteiger partial charge in [-0.25, -0.2) is 4.39 Å². The number of rotatable bonds is 3. The minimum Gasteiger partial charge on any atom is -0.350 e. The molecule has 3 heteroatoms. The summed E-state index contributed by atoms with van der Waals surface area (Å²) >= 11 is 0. The van der Waals surface area contributed by atoms with Crippen LogP contribution in [0, 0.1) is 0 Å². The third-order valence-electron chi connectivity index (χ3n) is 2.21. The lowest BCUT2D eigenvalue weighted by molar-refractivity contribution is -0.132. The number of halogens is 1. The van der Waals surface area contributed by atoms with Crippen LogP contribution in [0.2, 0.25) is 0 Å². The van der Waals surface area contributed by atoms with Crippen molar-refractivity contribution in [2.45, 2.75) is 31.4 Å². The Morgan fingerprint density at radius 3 is 2.67 bits per heavy atom. The summed E-state index contributed by atoms with van der Waals surface area (Å²) in [6.45, 7) is 3.80. The highest BCUT2D eigenvalue weighted by Crippen LogP contribution is 2.33. The van der Waals surface area contributed by atoms with Crippen molar-refractivity contribution < 1.29 is 9.18 Å². The van der Waals surface area contributed by atoms with Gasteiger partial charge in [0, 0.05) is 6.54 Å². The highest BCUT2D eigenvalue weighted by atomic mass is 19.1. The summed E-state index contributed by atoms with van der Waals surface area (Å²) in [4.78, 5) is 11.2. The monoisotopic (exact) mass is 171 g/mol. The maximum atomic E-state index is 13.6. The molecule has 0 aliphatic heterocycles. The quantitative estimate of drug-likeness (QED) is 0.642. The molecule has 1 saturated carbocycles.